The number of ether oxygens (including phenoxy) is 3. The van der Waals surface area contributed by atoms with Gasteiger partial charge in [-0.2, -0.15) is 0 Å². The summed E-state index contributed by atoms with van der Waals surface area (Å²) in [6, 6.07) is 14.8. The first-order chi connectivity index (χ1) is 22.1. The first-order valence-corrected chi connectivity index (χ1v) is 18.8. The van der Waals surface area contributed by atoms with Gasteiger partial charge in [0, 0.05) is 6.61 Å². The standard InChI is InChI=1S/C41H66O4/c1-4-6-8-10-11-12-13-14-15-16-17-18-19-20-21-22-23-25-34-43-36(3)37-26-32-40(33-27-37)45-41(42)38-28-30-39(31-29-38)44-35-24-9-7-5-2/h26-33,36H,4-25,34-35H2,1-3H3. The quantitative estimate of drug-likeness (QED) is 0.0514. The summed E-state index contributed by atoms with van der Waals surface area (Å²) in [6.07, 6.45) is 29.7. The molecule has 0 saturated heterocycles. The largest absolute Gasteiger partial charge is 0.494 e. The molecule has 45 heavy (non-hydrogen) atoms. The topological polar surface area (TPSA) is 44.8 Å². The molecular formula is C41H66O4. The summed E-state index contributed by atoms with van der Waals surface area (Å²) < 4.78 is 17.4. The van der Waals surface area contributed by atoms with Crippen LogP contribution in [0.3, 0.4) is 0 Å². The highest BCUT2D eigenvalue weighted by molar-refractivity contribution is 5.91. The number of carbonyl (C=O) groups excluding carboxylic acids is 1. The molecule has 0 spiro atoms. The van der Waals surface area contributed by atoms with Gasteiger partial charge in [0.05, 0.1) is 18.3 Å². The summed E-state index contributed by atoms with van der Waals surface area (Å²) in [6.45, 7) is 8.07. The van der Waals surface area contributed by atoms with E-state index >= 15 is 0 Å². The lowest BCUT2D eigenvalue weighted by Gasteiger charge is -2.14. The Kier molecular flexibility index (Phi) is 23.2. The normalized spacial score (nSPS) is 11.9. The number of rotatable bonds is 29. The first-order valence-electron chi connectivity index (χ1n) is 18.8. The zero-order valence-corrected chi connectivity index (χ0v) is 29.3. The van der Waals surface area contributed by atoms with Gasteiger partial charge in [-0.3, -0.25) is 0 Å². The van der Waals surface area contributed by atoms with Gasteiger partial charge < -0.3 is 14.2 Å². The van der Waals surface area contributed by atoms with Gasteiger partial charge in [-0.1, -0.05) is 154 Å². The predicted molar refractivity (Wildman–Crippen MR) is 191 cm³/mol. The highest BCUT2D eigenvalue weighted by Crippen LogP contribution is 2.22. The third-order valence-corrected chi connectivity index (χ3v) is 8.78. The van der Waals surface area contributed by atoms with Crippen LogP contribution >= 0.6 is 0 Å². The van der Waals surface area contributed by atoms with Crippen molar-refractivity contribution in [1.29, 1.82) is 0 Å². The van der Waals surface area contributed by atoms with Crippen LogP contribution in [0.5, 0.6) is 11.5 Å². The minimum Gasteiger partial charge on any atom is -0.494 e. The molecule has 4 heteroatoms. The van der Waals surface area contributed by atoms with Crippen LogP contribution in [0.4, 0.5) is 0 Å². The second kappa shape index (κ2) is 26.8. The molecule has 0 bridgehead atoms. The molecule has 2 aromatic rings. The van der Waals surface area contributed by atoms with Crippen LogP contribution in [0.25, 0.3) is 0 Å². The number of hydrogen-bond acceptors (Lipinski definition) is 4. The average molecular weight is 623 g/mol. The minimum atomic E-state index is -0.365. The summed E-state index contributed by atoms with van der Waals surface area (Å²) in [7, 11) is 0. The Morgan fingerprint density at radius 3 is 1.40 bits per heavy atom. The number of hydrogen-bond donors (Lipinski definition) is 0. The molecule has 0 fully saturated rings. The van der Waals surface area contributed by atoms with E-state index in [-0.39, 0.29) is 12.1 Å². The van der Waals surface area contributed by atoms with Gasteiger partial charge in [-0.05, 0) is 61.7 Å². The van der Waals surface area contributed by atoms with Crippen molar-refractivity contribution in [3.05, 3.63) is 59.7 Å². The molecule has 1 unspecified atom stereocenters. The highest BCUT2D eigenvalue weighted by Gasteiger charge is 2.11. The van der Waals surface area contributed by atoms with Crippen LogP contribution in [0.2, 0.25) is 0 Å². The van der Waals surface area contributed by atoms with Gasteiger partial charge in [-0.15, -0.1) is 0 Å². The van der Waals surface area contributed by atoms with E-state index in [0.29, 0.717) is 17.9 Å². The van der Waals surface area contributed by atoms with Crippen molar-refractivity contribution in [2.24, 2.45) is 0 Å². The van der Waals surface area contributed by atoms with E-state index in [9.17, 15) is 4.79 Å². The van der Waals surface area contributed by atoms with E-state index in [0.717, 1.165) is 30.8 Å². The molecule has 0 N–H and O–H groups in total. The second-order valence-electron chi connectivity index (χ2n) is 12.9. The Bertz CT molecular complexity index is 952. The Morgan fingerprint density at radius 2 is 0.911 bits per heavy atom. The molecule has 0 heterocycles. The van der Waals surface area contributed by atoms with Gasteiger partial charge in [0.2, 0.25) is 0 Å². The lowest BCUT2D eigenvalue weighted by Crippen LogP contribution is -2.09. The zero-order chi connectivity index (χ0) is 32.2. The molecule has 0 aliphatic heterocycles. The van der Waals surface area contributed by atoms with Crippen LogP contribution in [-0.2, 0) is 4.74 Å². The fraction of sp³-hybridized carbons (Fsp3) is 0.683. The lowest BCUT2D eigenvalue weighted by atomic mass is 10.0. The molecule has 0 aromatic heterocycles. The van der Waals surface area contributed by atoms with E-state index in [4.69, 9.17) is 14.2 Å². The molecule has 1 atom stereocenters. The molecule has 0 amide bonds. The first kappa shape index (κ1) is 38.9. The molecule has 4 nitrogen and oxygen atoms in total. The zero-order valence-electron chi connectivity index (χ0n) is 29.3. The third-order valence-electron chi connectivity index (χ3n) is 8.78. The van der Waals surface area contributed by atoms with Crippen molar-refractivity contribution in [3.63, 3.8) is 0 Å². The van der Waals surface area contributed by atoms with Crippen molar-refractivity contribution >= 4 is 5.97 Å². The van der Waals surface area contributed by atoms with Crippen LogP contribution in [-0.4, -0.2) is 19.2 Å². The maximum atomic E-state index is 12.6. The van der Waals surface area contributed by atoms with Crippen LogP contribution in [0, 0.1) is 0 Å². The van der Waals surface area contributed by atoms with E-state index in [2.05, 4.69) is 20.8 Å². The predicted octanol–water partition coefficient (Wildman–Crippen LogP) is 13.0. The Labute approximate surface area is 277 Å². The van der Waals surface area contributed by atoms with Crippen LogP contribution in [0.1, 0.15) is 184 Å². The smallest absolute Gasteiger partial charge is 0.343 e. The molecular weight excluding hydrogens is 556 g/mol. The Morgan fingerprint density at radius 1 is 0.511 bits per heavy atom. The number of esters is 1. The molecule has 0 aliphatic rings. The summed E-state index contributed by atoms with van der Waals surface area (Å²) in [4.78, 5) is 12.6. The summed E-state index contributed by atoms with van der Waals surface area (Å²) in [5.41, 5.74) is 1.61. The summed E-state index contributed by atoms with van der Waals surface area (Å²) >= 11 is 0. The number of benzene rings is 2. The fourth-order valence-electron chi connectivity index (χ4n) is 5.74. The SMILES string of the molecule is CCCCCCCCCCCCCCCCCCCCOC(C)c1ccc(OC(=O)c2ccc(OCCCCCC)cc2)cc1. The summed E-state index contributed by atoms with van der Waals surface area (Å²) in [5, 5.41) is 0. The Balaban J connectivity index is 1.45. The fourth-order valence-corrected chi connectivity index (χ4v) is 5.74. The molecule has 0 radical (unpaired) electrons. The van der Waals surface area contributed by atoms with Crippen molar-refractivity contribution in [2.75, 3.05) is 13.2 Å². The van der Waals surface area contributed by atoms with Gasteiger partial charge >= 0.3 is 5.97 Å². The third kappa shape index (κ3) is 19.7. The minimum absolute atomic E-state index is 0.0232. The van der Waals surface area contributed by atoms with E-state index in [1.54, 1.807) is 12.1 Å². The average Bonchev–Trinajstić information content (AvgIpc) is 3.06. The van der Waals surface area contributed by atoms with Gasteiger partial charge in [-0.25, -0.2) is 4.79 Å². The van der Waals surface area contributed by atoms with E-state index in [1.807, 2.05) is 36.4 Å². The monoisotopic (exact) mass is 622 g/mol. The van der Waals surface area contributed by atoms with Crippen molar-refractivity contribution in [3.8, 4) is 11.5 Å². The number of unbranched alkanes of at least 4 members (excludes halogenated alkanes) is 20. The van der Waals surface area contributed by atoms with Crippen LogP contribution < -0.4 is 9.47 Å². The molecule has 254 valence electrons. The molecule has 2 rings (SSSR count). The van der Waals surface area contributed by atoms with Crippen molar-refractivity contribution in [2.45, 2.75) is 168 Å². The Hall–Kier alpha value is -2.33. The maximum absolute atomic E-state index is 12.6. The van der Waals surface area contributed by atoms with E-state index < -0.39 is 0 Å². The van der Waals surface area contributed by atoms with Gasteiger partial charge in [0.1, 0.15) is 11.5 Å². The molecule has 0 saturated carbocycles. The van der Waals surface area contributed by atoms with Crippen molar-refractivity contribution in [1.82, 2.24) is 0 Å². The maximum Gasteiger partial charge on any atom is 0.343 e. The molecule has 0 aliphatic carbocycles. The van der Waals surface area contributed by atoms with Crippen LogP contribution in [0.15, 0.2) is 48.5 Å². The summed E-state index contributed by atoms with van der Waals surface area (Å²) in [5.74, 6) is 0.956. The number of carbonyl (C=O) groups is 1. The van der Waals surface area contributed by atoms with Gasteiger partial charge in [0.25, 0.3) is 0 Å². The van der Waals surface area contributed by atoms with Gasteiger partial charge in [0.15, 0.2) is 0 Å². The second-order valence-corrected chi connectivity index (χ2v) is 12.9. The molecule has 2 aromatic carbocycles. The highest BCUT2D eigenvalue weighted by atomic mass is 16.5. The van der Waals surface area contributed by atoms with E-state index in [1.165, 1.54) is 128 Å². The van der Waals surface area contributed by atoms with Crippen molar-refractivity contribution < 1.29 is 19.0 Å². The lowest BCUT2D eigenvalue weighted by molar-refractivity contribution is 0.0627.